The number of piperidine rings is 1. The van der Waals surface area contributed by atoms with E-state index in [1.165, 1.54) is 6.92 Å². The summed E-state index contributed by atoms with van der Waals surface area (Å²) in [6.45, 7) is 1.97. The normalized spacial score (nSPS) is 14.0. The number of rotatable bonds is 4. The minimum absolute atomic E-state index is 0.0972. The maximum Gasteiger partial charge on any atom is 0.308 e. The number of esters is 1. The molecule has 1 N–H and O–H groups in total. The smallest absolute Gasteiger partial charge is 0.308 e. The highest BCUT2D eigenvalue weighted by molar-refractivity contribution is 6.07. The van der Waals surface area contributed by atoms with Gasteiger partial charge in [0.1, 0.15) is 5.75 Å². The van der Waals surface area contributed by atoms with E-state index in [0.29, 0.717) is 18.7 Å². The van der Waals surface area contributed by atoms with Crippen molar-refractivity contribution in [1.29, 1.82) is 0 Å². The fourth-order valence-electron chi connectivity index (χ4n) is 2.93. The van der Waals surface area contributed by atoms with Crippen LogP contribution in [0, 0.1) is 0 Å². The van der Waals surface area contributed by atoms with Crippen LogP contribution < -0.4 is 15.0 Å². The van der Waals surface area contributed by atoms with Gasteiger partial charge in [-0.15, -0.1) is 0 Å². The van der Waals surface area contributed by atoms with Crippen LogP contribution in [0.15, 0.2) is 48.5 Å². The van der Waals surface area contributed by atoms with E-state index in [0.717, 1.165) is 18.5 Å². The van der Waals surface area contributed by atoms with Crippen LogP contribution in [0.4, 0.5) is 11.4 Å². The molecule has 2 aromatic carbocycles. The lowest BCUT2D eigenvalue weighted by molar-refractivity contribution is -0.131. The van der Waals surface area contributed by atoms with Gasteiger partial charge in [-0.1, -0.05) is 18.2 Å². The Morgan fingerprint density at radius 2 is 1.88 bits per heavy atom. The first kappa shape index (κ1) is 17.7. The van der Waals surface area contributed by atoms with Crippen LogP contribution in [0.25, 0.3) is 0 Å². The molecule has 6 heteroatoms. The van der Waals surface area contributed by atoms with E-state index in [9.17, 15) is 14.4 Å². The fraction of sp³-hybridized carbons (Fsp3) is 0.250. The van der Waals surface area contributed by atoms with Crippen LogP contribution in [0.1, 0.15) is 36.5 Å². The van der Waals surface area contributed by atoms with E-state index < -0.39 is 5.97 Å². The van der Waals surface area contributed by atoms with Gasteiger partial charge in [0.25, 0.3) is 5.91 Å². The molecule has 26 heavy (non-hydrogen) atoms. The van der Waals surface area contributed by atoms with Crippen molar-refractivity contribution >= 4 is 29.2 Å². The summed E-state index contributed by atoms with van der Waals surface area (Å²) in [5.74, 6) is -0.570. The van der Waals surface area contributed by atoms with Crippen molar-refractivity contribution < 1.29 is 19.1 Å². The van der Waals surface area contributed by atoms with Gasteiger partial charge in [-0.05, 0) is 43.2 Å². The Kier molecular flexibility index (Phi) is 5.31. The molecule has 134 valence electrons. The molecule has 1 fully saturated rings. The SMILES string of the molecule is CC(=O)Oc1ccccc1C(=O)Nc1cccc(N2CCCCC2=O)c1. The zero-order valence-electron chi connectivity index (χ0n) is 14.5. The van der Waals surface area contributed by atoms with Crippen molar-refractivity contribution in [3.63, 3.8) is 0 Å². The molecule has 0 saturated carbocycles. The van der Waals surface area contributed by atoms with Gasteiger partial charge in [-0.3, -0.25) is 14.4 Å². The number of amides is 2. The number of benzene rings is 2. The van der Waals surface area contributed by atoms with Crippen LogP contribution in [-0.4, -0.2) is 24.3 Å². The van der Waals surface area contributed by atoms with Gasteiger partial charge in [0.2, 0.25) is 5.91 Å². The van der Waals surface area contributed by atoms with E-state index in [4.69, 9.17) is 4.74 Å². The third kappa shape index (κ3) is 4.08. The Hall–Kier alpha value is -3.15. The molecule has 0 unspecified atom stereocenters. The molecule has 3 rings (SSSR count). The van der Waals surface area contributed by atoms with E-state index in [2.05, 4.69) is 5.32 Å². The maximum atomic E-state index is 12.6. The molecule has 0 radical (unpaired) electrons. The lowest BCUT2D eigenvalue weighted by Gasteiger charge is -2.27. The number of nitrogens with one attached hydrogen (secondary N) is 1. The first-order chi connectivity index (χ1) is 12.5. The Balaban J connectivity index is 1.79. The summed E-state index contributed by atoms with van der Waals surface area (Å²) in [4.78, 5) is 37.6. The first-order valence-corrected chi connectivity index (χ1v) is 8.54. The standard InChI is InChI=1S/C20H20N2O4/c1-14(23)26-18-10-3-2-9-17(18)20(25)21-15-7-6-8-16(13-15)22-12-5-4-11-19(22)24/h2-3,6-10,13H,4-5,11-12H2,1H3,(H,21,25). The summed E-state index contributed by atoms with van der Waals surface area (Å²) in [6.07, 6.45) is 2.43. The highest BCUT2D eigenvalue weighted by Gasteiger charge is 2.20. The van der Waals surface area contributed by atoms with Crippen molar-refractivity contribution in [2.45, 2.75) is 26.2 Å². The van der Waals surface area contributed by atoms with Crippen LogP contribution in [-0.2, 0) is 9.59 Å². The summed E-state index contributed by atoms with van der Waals surface area (Å²) in [5, 5.41) is 2.80. The highest BCUT2D eigenvalue weighted by atomic mass is 16.5. The Morgan fingerprint density at radius 3 is 2.65 bits per heavy atom. The van der Waals surface area contributed by atoms with Gasteiger partial charge < -0.3 is 15.0 Å². The van der Waals surface area contributed by atoms with Crippen molar-refractivity contribution in [3.8, 4) is 5.75 Å². The summed E-state index contributed by atoms with van der Waals surface area (Å²) >= 11 is 0. The Bertz CT molecular complexity index is 847. The van der Waals surface area contributed by atoms with Gasteiger partial charge >= 0.3 is 5.97 Å². The lowest BCUT2D eigenvalue weighted by Crippen LogP contribution is -2.35. The predicted octanol–water partition coefficient (Wildman–Crippen LogP) is 3.38. The molecule has 0 bridgehead atoms. The Labute approximate surface area is 151 Å². The summed E-state index contributed by atoms with van der Waals surface area (Å²) in [7, 11) is 0. The highest BCUT2D eigenvalue weighted by Crippen LogP contribution is 2.25. The molecule has 2 amide bonds. The average Bonchev–Trinajstić information content (AvgIpc) is 2.62. The predicted molar refractivity (Wildman–Crippen MR) is 98.4 cm³/mol. The number of hydrogen-bond donors (Lipinski definition) is 1. The number of nitrogens with zero attached hydrogens (tertiary/aromatic N) is 1. The molecule has 0 spiro atoms. The topological polar surface area (TPSA) is 75.7 Å². The number of anilines is 2. The molecule has 2 aromatic rings. The van der Waals surface area contributed by atoms with Crippen LogP contribution in [0.5, 0.6) is 5.75 Å². The second-order valence-electron chi connectivity index (χ2n) is 6.10. The monoisotopic (exact) mass is 352 g/mol. The van der Waals surface area contributed by atoms with Crippen LogP contribution in [0.3, 0.4) is 0 Å². The van der Waals surface area contributed by atoms with Crippen molar-refractivity contribution in [2.24, 2.45) is 0 Å². The third-order valence-electron chi connectivity index (χ3n) is 4.12. The molecule has 0 aliphatic carbocycles. The maximum absolute atomic E-state index is 12.6. The lowest BCUT2D eigenvalue weighted by atomic mass is 10.1. The van der Waals surface area contributed by atoms with E-state index in [-0.39, 0.29) is 23.1 Å². The van der Waals surface area contributed by atoms with E-state index in [1.807, 2.05) is 6.07 Å². The molecule has 1 aliphatic rings. The van der Waals surface area contributed by atoms with E-state index in [1.54, 1.807) is 47.4 Å². The zero-order chi connectivity index (χ0) is 18.5. The molecule has 0 aromatic heterocycles. The van der Waals surface area contributed by atoms with Crippen molar-refractivity contribution in [1.82, 2.24) is 0 Å². The van der Waals surface area contributed by atoms with Crippen molar-refractivity contribution in [2.75, 3.05) is 16.8 Å². The quantitative estimate of drug-likeness (QED) is 0.676. The number of ether oxygens (including phenoxy) is 1. The van der Waals surface area contributed by atoms with Crippen molar-refractivity contribution in [3.05, 3.63) is 54.1 Å². The molecule has 1 aliphatic heterocycles. The largest absolute Gasteiger partial charge is 0.426 e. The molecule has 1 saturated heterocycles. The minimum atomic E-state index is -0.490. The van der Waals surface area contributed by atoms with Gasteiger partial charge in [0.05, 0.1) is 5.56 Å². The first-order valence-electron chi connectivity index (χ1n) is 8.54. The molecule has 0 atom stereocenters. The summed E-state index contributed by atoms with van der Waals surface area (Å²) < 4.78 is 5.08. The Morgan fingerprint density at radius 1 is 1.08 bits per heavy atom. The number of para-hydroxylation sites is 1. The second-order valence-corrected chi connectivity index (χ2v) is 6.10. The van der Waals surface area contributed by atoms with Crippen LogP contribution in [0.2, 0.25) is 0 Å². The molecular formula is C20H20N2O4. The van der Waals surface area contributed by atoms with Gasteiger partial charge in [-0.25, -0.2) is 0 Å². The number of carbonyl (C=O) groups is 3. The second kappa shape index (κ2) is 7.82. The summed E-state index contributed by atoms with van der Waals surface area (Å²) in [5.41, 5.74) is 1.60. The van der Waals surface area contributed by atoms with Gasteiger partial charge in [0, 0.05) is 31.3 Å². The van der Waals surface area contributed by atoms with E-state index >= 15 is 0 Å². The average molecular weight is 352 g/mol. The van der Waals surface area contributed by atoms with Gasteiger partial charge in [0.15, 0.2) is 0 Å². The van der Waals surface area contributed by atoms with Gasteiger partial charge in [-0.2, -0.15) is 0 Å². The fourth-order valence-corrected chi connectivity index (χ4v) is 2.93. The molecule has 1 heterocycles. The minimum Gasteiger partial charge on any atom is -0.426 e. The molecule has 6 nitrogen and oxygen atoms in total. The number of carbonyl (C=O) groups excluding carboxylic acids is 3. The summed E-state index contributed by atoms with van der Waals surface area (Å²) in [6, 6.07) is 13.7. The zero-order valence-corrected chi connectivity index (χ0v) is 14.5. The van der Waals surface area contributed by atoms with Crippen LogP contribution >= 0.6 is 0 Å². The molecular weight excluding hydrogens is 332 g/mol. The third-order valence-corrected chi connectivity index (χ3v) is 4.12. The number of hydrogen-bond acceptors (Lipinski definition) is 4.